The summed E-state index contributed by atoms with van der Waals surface area (Å²) in [5.74, 6) is -0.508. The lowest BCUT2D eigenvalue weighted by atomic mass is 10.0. The Morgan fingerprint density at radius 1 is 0.719 bits per heavy atom. The number of nitrogens with zero attached hydrogens (tertiary/aromatic N) is 3. The fourth-order valence-electron chi connectivity index (χ4n) is 7.39. The van der Waals surface area contributed by atoms with Gasteiger partial charge in [-0.1, -0.05) is 96.1 Å². The first-order chi connectivity index (χ1) is 27.7. The lowest BCUT2D eigenvalue weighted by Gasteiger charge is -2.11. The van der Waals surface area contributed by atoms with Crippen molar-refractivity contribution in [3.05, 3.63) is 95.4 Å². The number of hydrogen-bond acceptors (Lipinski definition) is 5. The zero-order chi connectivity index (χ0) is 40.0. The highest BCUT2D eigenvalue weighted by atomic mass is 19.4. The molecule has 0 radical (unpaired) electrons. The van der Waals surface area contributed by atoms with Crippen LogP contribution in [-0.4, -0.2) is 32.7 Å². The molecule has 0 aliphatic carbocycles. The summed E-state index contributed by atoms with van der Waals surface area (Å²) in [6, 6.07) is 16.5. The molecule has 0 bridgehead atoms. The minimum Gasteiger partial charge on any atom is -0.490 e. The number of nitrogens with one attached hydrogen (secondary N) is 2. The molecule has 11 heteroatoms. The molecule has 4 aromatic heterocycles. The number of rotatable bonds is 23. The number of fused-ring (bicyclic) bond motifs is 3. The molecular weight excluding hydrogens is 734 g/mol. The van der Waals surface area contributed by atoms with Crippen molar-refractivity contribution in [2.75, 3.05) is 11.9 Å². The molecule has 0 spiro atoms. The largest absolute Gasteiger partial charge is 0.490 e. The van der Waals surface area contributed by atoms with E-state index in [1.807, 2.05) is 36.7 Å². The van der Waals surface area contributed by atoms with Gasteiger partial charge in [0.25, 0.3) is 0 Å². The standard InChI is InChI=1S/C46H54F5N5O/c1-2-3-4-5-6-10-13-16-25-57-40-22-19-34-27-33-18-21-37(29-39(33)55-43(34)42(40)47)54-41-23-20-35(44(48)56-41)28-36-31-53-45-38(36)26-32(30-52-45)17-14-11-8-7-9-12-15-24-46(49,50)51/h18-23,26-27,29-31H,2-17,24-25,28H2,1H3,(H,52,53)(H,54,56). The van der Waals surface area contributed by atoms with Crippen LogP contribution in [0.4, 0.5) is 33.5 Å². The highest BCUT2D eigenvalue weighted by Gasteiger charge is 2.25. The molecule has 0 saturated carbocycles. The van der Waals surface area contributed by atoms with Gasteiger partial charge in [0.05, 0.1) is 12.1 Å². The SMILES string of the molecule is CCCCCCCCCCOc1ccc2cc3ccc(Nc4ccc(Cc5c[nH]c6ncc(CCCCCCCCCC(F)(F)F)cc56)c(F)n4)cc3nc2c1F. The van der Waals surface area contributed by atoms with Crippen molar-refractivity contribution in [1.29, 1.82) is 0 Å². The van der Waals surface area contributed by atoms with E-state index in [0.29, 0.717) is 47.4 Å². The zero-order valence-corrected chi connectivity index (χ0v) is 32.9. The molecule has 2 N–H and O–H groups in total. The fraction of sp³-hybridized carbons (Fsp3) is 0.457. The molecule has 0 aliphatic rings. The number of halogens is 5. The van der Waals surface area contributed by atoms with Crippen LogP contribution in [0.2, 0.25) is 0 Å². The molecule has 0 atom stereocenters. The van der Waals surface area contributed by atoms with E-state index < -0.39 is 24.4 Å². The summed E-state index contributed by atoms with van der Waals surface area (Å²) in [5, 5.41) is 5.65. The Balaban J connectivity index is 1.02. The predicted molar refractivity (Wildman–Crippen MR) is 220 cm³/mol. The van der Waals surface area contributed by atoms with Gasteiger partial charge < -0.3 is 15.0 Å². The second kappa shape index (κ2) is 20.6. The van der Waals surface area contributed by atoms with Crippen LogP contribution in [0.25, 0.3) is 32.8 Å². The normalized spacial score (nSPS) is 12.0. The lowest BCUT2D eigenvalue weighted by Crippen LogP contribution is -2.06. The molecule has 4 heterocycles. The number of alkyl halides is 3. The third-order valence-electron chi connectivity index (χ3n) is 10.6. The Morgan fingerprint density at radius 2 is 1.44 bits per heavy atom. The first-order valence-corrected chi connectivity index (χ1v) is 20.8. The molecule has 0 unspecified atom stereocenters. The number of H-pyrrole nitrogens is 1. The number of anilines is 2. The van der Waals surface area contributed by atoms with Gasteiger partial charge in [-0.25, -0.2) is 19.3 Å². The first-order valence-electron chi connectivity index (χ1n) is 20.8. The number of aryl methyl sites for hydroxylation is 1. The van der Waals surface area contributed by atoms with Crippen LogP contribution in [0.5, 0.6) is 5.75 Å². The van der Waals surface area contributed by atoms with Gasteiger partial charge in [-0.15, -0.1) is 0 Å². The van der Waals surface area contributed by atoms with Gasteiger partial charge >= 0.3 is 6.18 Å². The maximum Gasteiger partial charge on any atom is 0.389 e. The Morgan fingerprint density at radius 3 is 2.19 bits per heavy atom. The van der Waals surface area contributed by atoms with E-state index in [9.17, 15) is 13.2 Å². The van der Waals surface area contributed by atoms with E-state index in [1.165, 1.54) is 38.5 Å². The van der Waals surface area contributed by atoms with Crippen molar-refractivity contribution in [2.24, 2.45) is 0 Å². The van der Waals surface area contributed by atoms with Gasteiger partial charge in [-0.05, 0) is 79.3 Å². The Bertz CT molecular complexity index is 2200. The summed E-state index contributed by atoms with van der Waals surface area (Å²) >= 11 is 0. The summed E-state index contributed by atoms with van der Waals surface area (Å²) in [4.78, 5) is 16.6. The van der Waals surface area contributed by atoms with Crippen LogP contribution in [0.15, 0.2) is 67.0 Å². The number of hydrogen-bond donors (Lipinski definition) is 2. The summed E-state index contributed by atoms with van der Waals surface area (Å²) in [6.45, 7) is 2.69. The number of benzene rings is 2. The Labute approximate surface area is 332 Å². The second-order valence-corrected chi connectivity index (χ2v) is 15.3. The van der Waals surface area contributed by atoms with Crippen LogP contribution >= 0.6 is 0 Å². The third kappa shape index (κ3) is 12.3. The second-order valence-electron chi connectivity index (χ2n) is 15.3. The maximum atomic E-state index is 15.6. The summed E-state index contributed by atoms with van der Waals surface area (Å²) < 4.78 is 73.7. The summed E-state index contributed by atoms with van der Waals surface area (Å²) in [6.07, 6.45) is 15.2. The first kappa shape index (κ1) is 41.8. The molecule has 57 heavy (non-hydrogen) atoms. The van der Waals surface area contributed by atoms with E-state index in [0.717, 1.165) is 78.9 Å². The van der Waals surface area contributed by atoms with E-state index in [2.05, 4.69) is 38.2 Å². The zero-order valence-electron chi connectivity index (χ0n) is 32.9. The molecule has 0 saturated heterocycles. The third-order valence-corrected chi connectivity index (χ3v) is 10.6. The van der Waals surface area contributed by atoms with Crippen molar-refractivity contribution < 1.29 is 26.7 Å². The molecule has 2 aromatic carbocycles. The van der Waals surface area contributed by atoms with E-state index >= 15 is 8.78 Å². The van der Waals surface area contributed by atoms with Crippen LogP contribution in [0, 0.1) is 11.8 Å². The number of ether oxygens (including phenoxy) is 1. The van der Waals surface area contributed by atoms with Crippen LogP contribution < -0.4 is 10.1 Å². The molecule has 0 aliphatic heterocycles. The number of pyridine rings is 3. The van der Waals surface area contributed by atoms with E-state index in [4.69, 9.17) is 4.74 Å². The Hall–Kier alpha value is -4.80. The van der Waals surface area contributed by atoms with Crippen molar-refractivity contribution >= 4 is 44.3 Å². The van der Waals surface area contributed by atoms with Crippen LogP contribution in [0.3, 0.4) is 0 Å². The minimum absolute atomic E-state index is 0.206. The van der Waals surface area contributed by atoms with E-state index in [1.54, 1.807) is 24.3 Å². The highest BCUT2D eigenvalue weighted by Crippen LogP contribution is 2.31. The molecular formula is C46H54F5N5O. The summed E-state index contributed by atoms with van der Waals surface area (Å²) in [7, 11) is 0. The highest BCUT2D eigenvalue weighted by molar-refractivity contribution is 5.95. The monoisotopic (exact) mass is 787 g/mol. The lowest BCUT2D eigenvalue weighted by molar-refractivity contribution is -0.135. The quantitative estimate of drug-likeness (QED) is 0.0293. The number of unbranched alkanes of at least 4 members (excludes halogenated alkanes) is 13. The molecule has 0 fully saturated rings. The molecule has 6 aromatic rings. The number of aromatic nitrogens is 4. The average molecular weight is 788 g/mol. The smallest absolute Gasteiger partial charge is 0.389 e. The van der Waals surface area contributed by atoms with Crippen molar-refractivity contribution in [2.45, 2.75) is 129 Å². The summed E-state index contributed by atoms with van der Waals surface area (Å²) in [5.41, 5.74) is 4.68. The minimum atomic E-state index is -4.06. The van der Waals surface area contributed by atoms with E-state index in [-0.39, 0.29) is 17.7 Å². The van der Waals surface area contributed by atoms with Gasteiger partial charge in [0.1, 0.15) is 17.0 Å². The Kier molecular flexibility index (Phi) is 15.1. The van der Waals surface area contributed by atoms with Crippen LogP contribution in [-0.2, 0) is 12.8 Å². The van der Waals surface area contributed by atoms with Gasteiger partial charge in [-0.2, -0.15) is 17.6 Å². The van der Waals surface area contributed by atoms with Crippen molar-refractivity contribution in [3.8, 4) is 5.75 Å². The molecule has 6 rings (SSSR count). The molecule has 0 amide bonds. The van der Waals surface area contributed by atoms with Crippen molar-refractivity contribution in [1.82, 2.24) is 19.9 Å². The molecule has 304 valence electrons. The van der Waals surface area contributed by atoms with Gasteiger partial charge in [-0.3, -0.25) is 0 Å². The average Bonchev–Trinajstić information content (AvgIpc) is 3.59. The van der Waals surface area contributed by atoms with Crippen LogP contribution in [0.1, 0.15) is 126 Å². The van der Waals surface area contributed by atoms with Crippen molar-refractivity contribution in [3.63, 3.8) is 0 Å². The van der Waals surface area contributed by atoms with Gasteiger partial charge in [0.15, 0.2) is 11.6 Å². The maximum absolute atomic E-state index is 15.6. The number of aromatic amines is 1. The fourth-order valence-corrected chi connectivity index (χ4v) is 7.39. The van der Waals surface area contributed by atoms with Gasteiger partial charge in [0.2, 0.25) is 5.95 Å². The predicted octanol–water partition coefficient (Wildman–Crippen LogP) is 14.0. The topological polar surface area (TPSA) is 75.7 Å². The van der Waals surface area contributed by atoms with Gasteiger partial charge in [0, 0.05) is 52.6 Å². The molecule has 6 nitrogen and oxygen atoms in total.